The summed E-state index contributed by atoms with van der Waals surface area (Å²) in [6, 6.07) is 18.1. The number of rotatable bonds is 6. The minimum Gasteiger partial charge on any atom is -0.454 e. The number of ketones is 1. The second kappa shape index (κ2) is 8.76. The summed E-state index contributed by atoms with van der Waals surface area (Å²) in [6.45, 7) is 1.74. The Bertz CT molecular complexity index is 1300. The Kier molecular flexibility index (Phi) is 6.04. The number of para-hydroxylation sites is 1. The van der Waals surface area contributed by atoms with Gasteiger partial charge in [-0.15, -0.1) is 0 Å². The smallest absolute Gasteiger partial charge is 0.338 e. The molecule has 0 N–H and O–H groups in total. The molecule has 3 aromatic carbocycles. The predicted octanol–water partition coefficient (Wildman–Crippen LogP) is 4.44. The molecule has 0 fully saturated rings. The number of benzene rings is 3. The maximum Gasteiger partial charge on any atom is 0.338 e. The summed E-state index contributed by atoms with van der Waals surface area (Å²) in [6.07, 6.45) is 0.593. The zero-order valence-corrected chi connectivity index (χ0v) is 18.8. The summed E-state index contributed by atoms with van der Waals surface area (Å²) in [5.74, 6) is -1.16. The van der Waals surface area contributed by atoms with Crippen LogP contribution in [0.1, 0.15) is 31.8 Å². The van der Waals surface area contributed by atoms with Crippen LogP contribution >= 0.6 is 11.6 Å². The van der Waals surface area contributed by atoms with Crippen molar-refractivity contribution >= 4 is 39.1 Å². The number of halogens is 1. The van der Waals surface area contributed by atoms with Crippen molar-refractivity contribution in [1.82, 2.24) is 0 Å². The number of Topliss-reactive ketones (excluding diaryl/α,β-unsaturated/α-hetero) is 1. The second-order valence-electron chi connectivity index (χ2n) is 7.47. The first kappa shape index (κ1) is 22.0. The van der Waals surface area contributed by atoms with Gasteiger partial charge in [0.2, 0.25) is 0 Å². The van der Waals surface area contributed by atoms with E-state index >= 15 is 0 Å². The first-order valence-corrected chi connectivity index (χ1v) is 11.8. The normalized spacial score (nSPS) is 13.0. The van der Waals surface area contributed by atoms with Crippen molar-refractivity contribution in [3.63, 3.8) is 0 Å². The molecule has 1 aliphatic rings. The van der Waals surface area contributed by atoms with Crippen LogP contribution in [0.2, 0.25) is 5.02 Å². The molecule has 0 aromatic heterocycles. The summed E-state index contributed by atoms with van der Waals surface area (Å²) >= 11 is 6.20. The molecule has 164 valence electrons. The monoisotopic (exact) mass is 469 g/mol. The number of anilines is 1. The van der Waals surface area contributed by atoms with E-state index in [1.165, 1.54) is 22.5 Å². The quantitative estimate of drug-likeness (QED) is 0.394. The molecule has 0 spiro atoms. The predicted molar refractivity (Wildman–Crippen MR) is 122 cm³/mol. The molecule has 0 saturated heterocycles. The van der Waals surface area contributed by atoms with Crippen LogP contribution in [-0.4, -0.2) is 33.3 Å². The number of nitrogens with zero attached hydrogens (tertiary/aromatic N) is 1. The van der Waals surface area contributed by atoms with Gasteiger partial charge in [-0.05, 0) is 43.2 Å². The van der Waals surface area contributed by atoms with E-state index in [9.17, 15) is 18.0 Å². The van der Waals surface area contributed by atoms with Crippen molar-refractivity contribution in [1.29, 1.82) is 0 Å². The number of sulfonamides is 1. The summed E-state index contributed by atoms with van der Waals surface area (Å²) in [7, 11) is -3.99. The highest BCUT2D eigenvalue weighted by atomic mass is 35.5. The highest BCUT2D eigenvalue weighted by Crippen LogP contribution is 2.35. The largest absolute Gasteiger partial charge is 0.454 e. The van der Waals surface area contributed by atoms with Crippen molar-refractivity contribution < 1.29 is 22.7 Å². The maximum absolute atomic E-state index is 13.3. The lowest BCUT2D eigenvalue weighted by Crippen LogP contribution is -2.29. The van der Waals surface area contributed by atoms with Gasteiger partial charge in [0.1, 0.15) is 4.90 Å². The number of fused-ring (bicyclic) bond motifs is 1. The molecule has 4 rings (SSSR count). The average molecular weight is 470 g/mol. The molecule has 0 bridgehead atoms. The molecule has 0 atom stereocenters. The van der Waals surface area contributed by atoms with Gasteiger partial charge >= 0.3 is 5.97 Å². The molecule has 32 heavy (non-hydrogen) atoms. The molecule has 1 heterocycles. The van der Waals surface area contributed by atoms with Crippen LogP contribution in [0.25, 0.3) is 0 Å². The van der Waals surface area contributed by atoms with Crippen molar-refractivity contribution in [2.45, 2.75) is 18.2 Å². The van der Waals surface area contributed by atoms with Gasteiger partial charge in [-0.25, -0.2) is 13.2 Å². The van der Waals surface area contributed by atoms with E-state index in [0.717, 1.165) is 11.1 Å². The minimum atomic E-state index is -3.99. The lowest BCUT2D eigenvalue weighted by atomic mass is 10.1. The molecule has 0 radical (unpaired) electrons. The van der Waals surface area contributed by atoms with Gasteiger partial charge in [-0.2, -0.15) is 0 Å². The Labute approximate surface area is 191 Å². The molecule has 0 amide bonds. The van der Waals surface area contributed by atoms with Gasteiger partial charge < -0.3 is 4.74 Å². The van der Waals surface area contributed by atoms with Gasteiger partial charge in [0.25, 0.3) is 10.0 Å². The van der Waals surface area contributed by atoms with Crippen molar-refractivity contribution in [2.75, 3.05) is 17.5 Å². The summed E-state index contributed by atoms with van der Waals surface area (Å²) in [5, 5.41) is 0.00154. The van der Waals surface area contributed by atoms with Gasteiger partial charge in [-0.1, -0.05) is 59.6 Å². The van der Waals surface area contributed by atoms with E-state index in [2.05, 4.69) is 0 Å². The van der Waals surface area contributed by atoms with Crippen LogP contribution in [0.4, 0.5) is 5.69 Å². The number of ether oxygens (including phenoxy) is 1. The van der Waals surface area contributed by atoms with Crippen molar-refractivity contribution in [3.8, 4) is 0 Å². The third-order valence-electron chi connectivity index (χ3n) is 5.29. The zero-order chi connectivity index (χ0) is 22.9. The summed E-state index contributed by atoms with van der Waals surface area (Å²) in [4.78, 5) is 24.6. The maximum atomic E-state index is 13.3. The highest BCUT2D eigenvalue weighted by Gasteiger charge is 2.32. The Hall–Kier alpha value is -3.16. The highest BCUT2D eigenvalue weighted by molar-refractivity contribution is 7.93. The Morgan fingerprint density at radius 2 is 1.69 bits per heavy atom. The van der Waals surface area contributed by atoms with Crippen LogP contribution in [0.15, 0.2) is 71.6 Å². The van der Waals surface area contributed by atoms with Gasteiger partial charge in [0.05, 0.1) is 16.3 Å². The van der Waals surface area contributed by atoms with Gasteiger partial charge in [0, 0.05) is 12.1 Å². The first-order chi connectivity index (χ1) is 15.3. The fraction of sp³-hybridized carbons (Fsp3) is 0.167. The Morgan fingerprint density at radius 1 is 1.00 bits per heavy atom. The van der Waals surface area contributed by atoms with Crippen LogP contribution < -0.4 is 4.31 Å². The zero-order valence-electron chi connectivity index (χ0n) is 17.2. The number of esters is 1. The van der Waals surface area contributed by atoms with Crippen LogP contribution in [-0.2, 0) is 21.2 Å². The average Bonchev–Trinajstić information content (AvgIpc) is 3.23. The number of carbonyl (C=O) groups excluding carboxylic acids is 2. The Balaban J connectivity index is 1.54. The third kappa shape index (κ3) is 4.26. The van der Waals surface area contributed by atoms with Crippen LogP contribution in [0.5, 0.6) is 0 Å². The lowest BCUT2D eigenvalue weighted by Gasteiger charge is -2.20. The number of hydrogen-bond donors (Lipinski definition) is 0. The standard InChI is InChI=1S/C24H20ClNO5S/c1-16-6-8-18(9-7-16)22(27)15-31-24(28)19-10-11-20(25)23(14-19)32(29,30)26-13-12-17-4-2-3-5-21(17)26/h2-11,14H,12-13,15H2,1H3. The first-order valence-electron chi connectivity index (χ1n) is 9.94. The topological polar surface area (TPSA) is 80.8 Å². The summed E-state index contributed by atoms with van der Waals surface area (Å²) in [5.41, 5.74) is 2.96. The van der Waals surface area contributed by atoms with E-state index in [0.29, 0.717) is 17.7 Å². The molecule has 8 heteroatoms. The molecule has 1 aliphatic heterocycles. The number of aryl methyl sites for hydroxylation is 1. The van der Waals surface area contributed by atoms with E-state index in [-0.39, 0.29) is 27.8 Å². The van der Waals surface area contributed by atoms with Crippen LogP contribution in [0, 0.1) is 6.92 Å². The number of hydrogen-bond acceptors (Lipinski definition) is 5. The Morgan fingerprint density at radius 3 is 2.44 bits per heavy atom. The molecule has 6 nitrogen and oxygen atoms in total. The van der Waals surface area contributed by atoms with Gasteiger partial charge in [-0.3, -0.25) is 9.10 Å². The van der Waals surface area contributed by atoms with Crippen molar-refractivity contribution in [3.05, 3.63) is 94.0 Å². The van der Waals surface area contributed by atoms with E-state index in [1.807, 2.05) is 19.1 Å². The van der Waals surface area contributed by atoms with Crippen LogP contribution in [0.3, 0.4) is 0 Å². The molecule has 3 aromatic rings. The number of carbonyl (C=O) groups is 2. The van der Waals surface area contributed by atoms with E-state index < -0.39 is 22.6 Å². The molecular weight excluding hydrogens is 450 g/mol. The fourth-order valence-electron chi connectivity index (χ4n) is 3.54. The third-order valence-corrected chi connectivity index (χ3v) is 7.58. The second-order valence-corrected chi connectivity index (χ2v) is 9.70. The SMILES string of the molecule is Cc1ccc(C(=O)COC(=O)c2ccc(Cl)c(S(=O)(=O)N3CCc4ccccc43)c2)cc1. The summed E-state index contributed by atoms with van der Waals surface area (Å²) < 4.78 is 33.0. The van der Waals surface area contributed by atoms with Gasteiger partial charge in [0.15, 0.2) is 12.4 Å². The lowest BCUT2D eigenvalue weighted by molar-refractivity contribution is 0.0474. The fourth-order valence-corrected chi connectivity index (χ4v) is 5.55. The van der Waals surface area contributed by atoms with E-state index in [4.69, 9.17) is 16.3 Å². The minimum absolute atomic E-state index is 0.00154. The van der Waals surface area contributed by atoms with E-state index in [1.54, 1.807) is 36.4 Å². The van der Waals surface area contributed by atoms with Crippen molar-refractivity contribution in [2.24, 2.45) is 0 Å². The molecular formula is C24H20ClNO5S. The molecule has 0 saturated carbocycles. The molecule has 0 unspecified atom stereocenters. The molecule has 0 aliphatic carbocycles.